The normalized spacial score (nSPS) is 11.0. The molecule has 1 aromatic carbocycles. The Kier molecular flexibility index (Phi) is 12.6. The molecule has 2 N–H and O–H groups in total. The molecule has 0 bridgehead atoms. The summed E-state index contributed by atoms with van der Waals surface area (Å²) in [6.45, 7) is 4.92. The summed E-state index contributed by atoms with van der Waals surface area (Å²) in [4.78, 5) is 5.93. The second-order valence-electron chi connectivity index (χ2n) is 5.44. The van der Waals surface area contributed by atoms with Gasteiger partial charge in [-0.05, 0) is 37.5 Å². The van der Waals surface area contributed by atoms with Crippen LogP contribution in [0.4, 0.5) is 10.1 Å². The summed E-state index contributed by atoms with van der Waals surface area (Å²) in [6, 6.07) is 5.26. The molecule has 0 radical (unpaired) electrons. The minimum absolute atomic E-state index is 0. The Balaban J connectivity index is 0.00000529. The Morgan fingerprint density at radius 1 is 1.25 bits per heavy atom. The first-order valence-corrected chi connectivity index (χ1v) is 8.06. The van der Waals surface area contributed by atoms with Crippen LogP contribution < -0.4 is 15.5 Å². The number of aliphatic imine (C=N–C) groups is 1. The maximum absolute atomic E-state index is 13.9. The van der Waals surface area contributed by atoms with Crippen LogP contribution in [0.5, 0.6) is 0 Å². The van der Waals surface area contributed by atoms with Crippen molar-refractivity contribution in [2.45, 2.75) is 26.3 Å². The molecule has 138 valence electrons. The number of halogens is 2. The molecular weight excluding hydrogens is 422 g/mol. The Morgan fingerprint density at radius 3 is 2.58 bits per heavy atom. The molecule has 0 amide bonds. The number of anilines is 1. The molecule has 0 saturated carbocycles. The lowest BCUT2D eigenvalue weighted by Gasteiger charge is -2.15. The van der Waals surface area contributed by atoms with E-state index >= 15 is 0 Å². The number of nitrogens with zero attached hydrogens (tertiary/aromatic N) is 2. The molecule has 1 aromatic rings. The Bertz CT molecular complexity index is 497. The highest BCUT2D eigenvalue weighted by molar-refractivity contribution is 14.0. The van der Waals surface area contributed by atoms with E-state index in [4.69, 9.17) is 4.74 Å². The molecule has 0 saturated heterocycles. The number of unbranched alkanes of at least 4 members (excludes halogenated alkanes) is 1. The first kappa shape index (κ1) is 22.9. The zero-order valence-corrected chi connectivity index (χ0v) is 17.4. The molecule has 24 heavy (non-hydrogen) atoms. The number of nitrogens with one attached hydrogen (secondary N) is 2. The molecule has 0 atom stereocenters. The Morgan fingerprint density at radius 2 is 2.00 bits per heavy atom. The third-order valence-corrected chi connectivity index (χ3v) is 3.39. The number of hydrogen-bond donors (Lipinski definition) is 2. The summed E-state index contributed by atoms with van der Waals surface area (Å²) in [5.41, 5.74) is 1.47. The lowest BCUT2D eigenvalue weighted by atomic mass is 10.2. The van der Waals surface area contributed by atoms with E-state index in [1.165, 1.54) is 0 Å². The van der Waals surface area contributed by atoms with Gasteiger partial charge in [-0.3, -0.25) is 4.99 Å². The Labute approximate surface area is 162 Å². The average Bonchev–Trinajstić information content (AvgIpc) is 2.53. The average molecular weight is 452 g/mol. The molecule has 7 heteroatoms. The SMILES string of the molecule is CCOCCCCNC(=NC)NCc1ccc(N(C)C)c(F)c1.I. The fraction of sp³-hybridized carbons (Fsp3) is 0.588. The summed E-state index contributed by atoms with van der Waals surface area (Å²) in [5, 5.41) is 6.43. The predicted molar refractivity (Wildman–Crippen MR) is 110 cm³/mol. The van der Waals surface area contributed by atoms with E-state index in [1.54, 1.807) is 24.1 Å². The van der Waals surface area contributed by atoms with Crippen LogP contribution in [0.15, 0.2) is 23.2 Å². The summed E-state index contributed by atoms with van der Waals surface area (Å²) in [6.07, 6.45) is 2.04. The van der Waals surface area contributed by atoms with Crippen LogP contribution >= 0.6 is 24.0 Å². The van der Waals surface area contributed by atoms with Gasteiger partial charge < -0.3 is 20.3 Å². The molecule has 0 aromatic heterocycles. The van der Waals surface area contributed by atoms with Crippen LogP contribution in [-0.4, -0.2) is 46.9 Å². The number of rotatable bonds is 9. The zero-order chi connectivity index (χ0) is 17.1. The van der Waals surface area contributed by atoms with Crippen molar-refractivity contribution in [1.29, 1.82) is 0 Å². The predicted octanol–water partition coefficient (Wildman–Crippen LogP) is 2.99. The minimum atomic E-state index is -0.215. The van der Waals surface area contributed by atoms with E-state index in [9.17, 15) is 4.39 Å². The molecule has 0 aliphatic heterocycles. The monoisotopic (exact) mass is 452 g/mol. The molecule has 0 aliphatic rings. The fourth-order valence-electron chi connectivity index (χ4n) is 2.11. The number of benzene rings is 1. The lowest BCUT2D eigenvalue weighted by molar-refractivity contribution is 0.143. The summed E-state index contributed by atoms with van der Waals surface area (Å²) >= 11 is 0. The number of ether oxygens (including phenoxy) is 1. The smallest absolute Gasteiger partial charge is 0.191 e. The van der Waals surface area contributed by atoms with Gasteiger partial charge >= 0.3 is 0 Å². The lowest BCUT2D eigenvalue weighted by Crippen LogP contribution is -2.37. The van der Waals surface area contributed by atoms with Gasteiger partial charge in [0, 0.05) is 47.4 Å². The van der Waals surface area contributed by atoms with Crippen LogP contribution in [0.1, 0.15) is 25.3 Å². The third-order valence-electron chi connectivity index (χ3n) is 3.39. The van der Waals surface area contributed by atoms with E-state index in [0.717, 1.165) is 44.1 Å². The van der Waals surface area contributed by atoms with Crippen molar-refractivity contribution in [2.75, 3.05) is 45.8 Å². The maximum Gasteiger partial charge on any atom is 0.191 e. The second kappa shape index (κ2) is 13.2. The van der Waals surface area contributed by atoms with Crippen molar-refractivity contribution in [3.8, 4) is 0 Å². The standard InChI is InChI=1S/C17H29FN4O.HI/c1-5-23-11-7-6-10-20-17(19-2)21-13-14-8-9-16(22(3)4)15(18)12-14;/h8-9,12H,5-7,10-11,13H2,1-4H3,(H2,19,20,21);1H. The maximum atomic E-state index is 13.9. The quantitative estimate of drug-likeness (QED) is 0.262. The summed E-state index contributed by atoms with van der Waals surface area (Å²) in [5.74, 6) is 0.506. The molecular formula is C17H30FIN4O. The van der Waals surface area contributed by atoms with Crippen LogP contribution in [0.2, 0.25) is 0 Å². The van der Waals surface area contributed by atoms with Gasteiger partial charge in [0.25, 0.3) is 0 Å². The van der Waals surface area contributed by atoms with Crippen molar-refractivity contribution in [3.63, 3.8) is 0 Å². The van der Waals surface area contributed by atoms with Gasteiger partial charge in [0.15, 0.2) is 5.96 Å². The highest BCUT2D eigenvalue weighted by atomic mass is 127. The molecule has 1 rings (SSSR count). The molecule has 0 aliphatic carbocycles. The summed E-state index contributed by atoms with van der Waals surface area (Å²) < 4.78 is 19.2. The van der Waals surface area contributed by atoms with Crippen LogP contribution in [-0.2, 0) is 11.3 Å². The van der Waals surface area contributed by atoms with Crippen molar-refractivity contribution in [1.82, 2.24) is 10.6 Å². The van der Waals surface area contributed by atoms with E-state index in [0.29, 0.717) is 12.2 Å². The van der Waals surface area contributed by atoms with Crippen LogP contribution in [0.25, 0.3) is 0 Å². The van der Waals surface area contributed by atoms with Crippen LogP contribution in [0.3, 0.4) is 0 Å². The number of guanidine groups is 1. The summed E-state index contributed by atoms with van der Waals surface area (Å²) in [7, 11) is 5.38. The van der Waals surface area contributed by atoms with Gasteiger partial charge in [-0.1, -0.05) is 6.07 Å². The van der Waals surface area contributed by atoms with E-state index in [1.807, 2.05) is 27.1 Å². The Hall–Kier alpha value is -1.09. The van der Waals surface area contributed by atoms with Crippen molar-refractivity contribution in [3.05, 3.63) is 29.6 Å². The van der Waals surface area contributed by atoms with Gasteiger partial charge in [-0.25, -0.2) is 4.39 Å². The van der Waals surface area contributed by atoms with Gasteiger partial charge in [-0.15, -0.1) is 24.0 Å². The largest absolute Gasteiger partial charge is 0.382 e. The van der Waals surface area contributed by atoms with Crippen molar-refractivity contribution < 1.29 is 9.13 Å². The molecule has 5 nitrogen and oxygen atoms in total. The molecule has 0 unspecified atom stereocenters. The van der Waals surface area contributed by atoms with E-state index < -0.39 is 0 Å². The van der Waals surface area contributed by atoms with E-state index in [-0.39, 0.29) is 29.8 Å². The molecule has 0 fully saturated rings. The van der Waals surface area contributed by atoms with Gasteiger partial charge in [0.2, 0.25) is 0 Å². The van der Waals surface area contributed by atoms with Crippen LogP contribution in [0, 0.1) is 5.82 Å². The fourth-order valence-corrected chi connectivity index (χ4v) is 2.11. The minimum Gasteiger partial charge on any atom is -0.382 e. The van der Waals surface area contributed by atoms with Gasteiger partial charge in [-0.2, -0.15) is 0 Å². The highest BCUT2D eigenvalue weighted by Crippen LogP contribution is 2.18. The first-order chi connectivity index (χ1) is 11.1. The second-order valence-corrected chi connectivity index (χ2v) is 5.44. The topological polar surface area (TPSA) is 48.9 Å². The van der Waals surface area contributed by atoms with E-state index in [2.05, 4.69) is 15.6 Å². The first-order valence-electron chi connectivity index (χ1n) is 8.06. The number of hydrogen-bond acceptors (Lipinski definition) is 3. The molecule has 0 heterocycles. The zero-order valence-electron chi connectivity index (χ0n) is 15.1. The van der Waals surface area contributed by atoms with Gasteiger partial charge in [0.1, 0.15) is 5.82 Å². The highest BCUT2D eigenvalue weighted by Gasteiger charge is 2.05. The van der Waals surface area contributed by atoms with Crippen molar-refractivity contribution in [2.24, 2.45) is 4.99 Å². The molecule has 0 spiro atoms. The van der Waals surface area contributed by atoms with Gasteiger partial charge in [0.05, 0.1) is 5.69 Å². The van der Waals surface area contributed by atoms with Crippen molar-refractivity contribution >= 4 is 35.6 Å². The third kappa shape index (κ3) is 8.68.